The molecule has 378 valence electrons. The summed E-state index contributed by atoms with van der Waals surface area (Å²) < 4.78 is 41.8. The maximum Gasteiger partial charge on any atom is 0.337 e. The second-order valence-corrected chi connectivity index (χ2v) is 23.9. The van der Waals surface area contributed by atoms with Crippen molar-refractivity contribution in [3.05, 3.63) is 11.6 Å². The minimum Gasteiger partial charge on any atom is -0.467 e. The third-order valence-corrected chi connectivity index (χ3v) is 19.5. The Hall–Kier alpha value is -1.39. The van der Waals surface area contributed by atoms with Crippen molar-refractivity contribution < 1.29 is 83.9 Å². The van der Waals surface area contributed by atoms with Crippen LogP contribution in [0.25, 0.3) is 0 Å². The number of carbonyl (C=O) groups is 1. The first-order chi connectivity index (χ1) is 30.7. The molecule has 17 nitrogen and oxygen atoms in total. The number of esters is 1. The molecule has 8 rings (SSSR count). The van der Waals surface area contributed by atoms with Crippen molar-refractivity contribution in [2.75, 3.05) is 13.7 Å². The van der Waals surface area contributed by atoms with Crippen LogP contribution in [0.1, 0.15) is 120 Å². The summed E-state index contributed by atoms with van der Waals surface area (Å²) in [4.78, 5) is 13.0. The fourth-order valence-corrected chi connectivity index (χ4v) is 15.2. The molecule has 4 saturated carbocycles. The number of aliphatic hydroxyl groups is 9. The number of fused-ring (bicyclic) bond motifs is 7. The third-order valence-electron chi connectivity index (χ3n) is 19.5. The Labute approximate surface area is 389 Å². The standard InChI is InChI=1S/C49H80O17/c1-22-30(52)32(54)36(58)41(61-22)65-38-33(55)31(53)25(21-50)62-42(38)66-39-35(57)34(56)37(40(59)60-10)64-43(39)63-29-14-15-47(7)26(45(29,4)5)13-16-49(9)27(47)12-11-23-24-19-44(2,3)20-28(51)46(24,6)17-18-48(23,49)8/h11,22,24-39,41-43,50-58H,12-21H2,1-10H3. The summed E-state index contributed by atoms with van der Waals surface area (Å²) in [7, 11) is 1.12. The maximum atomic E-state index is 13.0. The van der Waals surface area contributed by atoms with Gasteiger partial charge < -0.3 is 79.1 Å². The normalized spacial score (nSPS) is 54.4. The zero-order chi connectivity index (χ0) is 48.4. The van der Waals surface area contributed by atoms with Crippen LogP contribution in [0.5, 0.6) is 0 Å². The molecule has 0 aromatic heterocycles. The highest BCUT2D eigenvalue weighted by Gasteiger charge is 2.69. The lowest BCUT2D eigenvalue weighted by atomic mass is 9.33. The highest BCUT2D eigenvalue weighted by molar-refractivity contribution is 5.75. The Kier molecular flexibility index (Phi) is 13.7. The van der Waals surface area contributed by atoms with Crippen LogP contribution < -0.4 is 0 Å². The van der Waals surface area contributed by atoms with Crippen molar-refractivity contribution in [2.24, 2.45) is 50.2 Å². The molecular weight excluding hydrogens is 861 g/mol. The summed E-state index contributed by atoms with van der Waals surface area (Å²) >= 11 is 0. The second-order valence-electron chi connectivity index (χ2n) is 23.9. The van der Waals surface area contributed by atoms with Gasteiger partial charge in [-0.15, -0.1) is 0 Å². The third kappa shape index (κ3) is 7.88. The van der Waals surface area contributed by atoms with E-state index >= 15 is 0 Å². The summed E-state index contributed by atoms with van der Waals surface area (Å²) in [5.41, 5.74) is 0.860. The molecule has 0 spiro atoms. The number of ether oxygens (including phenoxy) is 7. The molecule has 3 heterocycles. The quantitative estimate of drug-likeness (QED) is 0.0955. The molecule has 5 aliphatic carbocycles. The summed E-state index contributed by atoms with van der Waals surface area (Å²) in [5.74, 6) is -0.0877. The fourth-order valence-electron chi connectivity index (χ4n) is 15.2. The van der Waals surface area contributed by atoms with Crippen LogP contribution in [0.3, 0.4) is 0 Å². The van der Waals surface area contributed by atoms with E-state index < -0.39 is 116 Å². The topological polar surface area (TPSA) is 264 Å². The van der Waals surface area contributed by atoms with Crippen LogP contribution in [-0.2, 0) is 38.0 Å². The molecule has 8 aliphatic rings. The van der Waals surface area contributed by atoms with Gasteiger partial charge in [-0.25, -0.2) is 4.79 Å². The lowest BCUT2D eigenvalue weighted by Crippen LogP contribution is -2.68. The average Bonchev–Trinajstić information content (AvgIpc) is 3.25. The molecule has 66 heavy (non-hydrogen) atoms. The molecular formula is C49H80O17. The van der Waals surface area contributed by atoms with Crippen molar-refractivity contribution in [3.8, 4) is 0 Å². The van der Waals surface area contributed by atoms with Gasteiger partial charge in [0, 0.05) is 5.41 Å². The first-order valence-corrected chi connectivity index (χ1v) is 24.5. The molecule has 24 unspecified atom stereocenters. The zero-order valence-corrected chi connectivity index (χ0v) is 40.5. The van der Waals surface area contributed by atoms with Gasteiger partial charge in [-0.2, -0.15) is 0 Å². The Balaban J connectivity index is 1.07. The van der Waals surface area contributed by atoms with E-state index in [0.717, 1.165) is 58.5 Å². The van der Waals surface area contributed by atoms with Crippen LogP contribution >= 0.6 is 0 Å². The van der Waals surface area contributed by atoms with Gasteiger partial charge in [0.05, 0.1) is 32.0 Å². The number of hydrogen-bond acceptors (Lipinski definition) is 17. The van der Waals surface area contributed by atoms with Crippen molar-refractivity contribution >= 4 is 5.97 Å². The van der Waals surface area contributed by atoms with Gasteiger partial charge in [-0.1, -0.05) is 67.0 Å². The van der Waals surface area contributed by atoms with Crippen molar-refractivity contribution in [1.82, 2.24) is 0 Å². The monoisotopic (exact) mass is 941 g/mol. The lowest BCUT2D eigenvalue weighted by Gasteiger charge is -2.71. The van der Waals surface area contributed by atoms with Crippen LogP contribution in [0.2, 0.25) is 0 Å². The Morgan fingerprint density at radius 2 is 1.30 bits per heavy atom. The zero-order valence-electron chi connectivity index (χ0n) is 40.5. The molecule has 7 fully saturated rings. The smallest absolute Gasteiger partial charge is 0.337 e. The molecule has 17 heteroatoms. The first kappa shape index (κ1) is 51.0. The summed E-state index contributed by atoms with van der Waals surface area (Å²) in [6.45, 7) is 19.4. The van der Waals surface area contributed by atoms with Gasteiger partial charge in [0.1, 0.15) is 61.0 Å². The van der Waals surface area contributed by atoms with Gasteiger partial charge in [0.25, 0.3) is 0 Å². The van der Waals surface area contributed by atoms with E-state index in [0.29, 0.717) is 18.3 Å². The summed E-state index contributed by atoms with van der Waals surface area (Å²) in [6.07, 6.45) is -14.9. The Morgan fingerprint density at radius 3 is 1.95 bits per heavy atom. The van der Waals surface area contributed by atoms with E-state index in [1.165, 1.54) is 6.92 Å². The minimum absolute atomic E-state index is 0.0111. The maximum absolute atomic E-state index is 13.0. The molecule has 3 saturated heterocycles. The first-order valence-electron chi connectivity index (χ1n) is 24.5. The van der Waals surface area contributed by atoms with Crippen LogP contribution in [0.15, 0.2) is 11.6 Å². The second kappa shape index (κ2) is 17.7. The van der Waals surface area contributed by atoms with Crippen molar-refractivity contribution in [1.29, 1.82) is 0 Å². The van der Waals surface area contributed by atoms with Crippen LogP contribution in [0, 0.1) is 50.2 Å². The van der Waals surface area contributed by atoms with E-state index in [2.05, 4.69) is 61.5 Å². The van der Waals surface area contributed by atoms with Crippen molar-refractivity contribution in [3.63, 3.8) is 0 Å². The highest BCUT2D eigenvalue weighted by Crippen LogP contribution is 2.76. The van der Waals surface area contributed by atoms with Crippen LogP contribution in [-0.4, -0.2) is 170 Å². The van der Waals surface area contributed by atoms with Crippen molar-refractivity contribution in [2.45, 2.75) is 224 Å². The van der Waals surface area contributed by atoms with Gasteiger partial charge >= 0.3 is 5.97 Å². The van der Waals surface area contributed by atoms with E-state index in [1.807, 2.05) is 0 Å². The largest absolute Gasteiger partial charge is 0.467 e. The van der Waals surface area contributed by atoms with Gasteiger partial charge in [0.2, 0.25) is 0 Å². The molecule has 9 N–H and O–H groups in total. The van der Waals surface area contributed by atoms with E-state index in [9.17, 15) is 50.8 Å². The molecule has 0 aromatic rings. The molecule has 0 bridgehead atoms. The highest BCUT2D eigenvalue weighted by atomic mass is 16.8. The fraction of sp³-hybridized carbons (Fsp3) is 0.939. The van der Waals surface area contributed by atoms with Gasteiger partial charge in [-0.3, -0.25) is 0 Å². The molecule has 24 atom stereocenters. The van der Waals surface area contributed by atoms with E-state index in [1.54, 1.807) is 5.57 Å². The number of hydrogen-bond donors (Lipinski definition) is 9. The average molecular weight is 941 g/mol. The lowest BCUT2D eigenvalue weighted by molar-refractivity contribution is -0.395. The number of rotatable bonds is 8. The SMILES string of the molecule is COC(=O)C1OC(OC2CCC3(C)C(CCC4(C)C3CC=C3C5CC(C)(C)CC(O)C5(C)CCC34C)C2(C)C)C(OC2OC(CO)C(O)C(O)C2OC2OC(C)C(O)C(O)C2O)C(O)C1O. The van der Waals surface area contributed by atoms with E-state index in [4.69, 9.17) is 33.2 Å². The predicted octanol–water partition coefficient (Wildman–Crippen LogP) is 1.82. The molecule has 0 aromatic carbocycles. The van der Waals surface area contributed by atoms with Gasteiger partial charge in [0.15, 0.2) is 25.0 Å². The molecule has 3 aliphatic heterocycles. The van der Waals surface area contributed by atoms with E-state index in [-0.39, 0.29) is 39.1 Å². The number of aliphatic hydroxyl groups excluding tert-OH is 9. The minimum atomic E-state index is -1.89. The Morgan fingerprint density at radius 1 is 0.667 bits per heavy atom. The van der Waals surface area contributed by atoms with Gasteiger partial charge in [-0.05, 0) is 110 Å². The number of allylic oxidation sites excluding steroid dienone is 2. The van der Waals surface area contributed by atoms with Crippen LogP contribution in [0.4, 0.5) is 0 Å². The predicted molar refractivity (Wildman–Crippen MR) is 234 cm³/mol. The number of carbonyl (C=O) groups excluding carboxylic acids is 1. The Bertz CT molecular complexity index is 1810. The molecule has 0 radical (unpaired) electrons. The number of methoxy groups -OCH3 is 1. The molecule has 0 amide bonds. The summed E-state index contributed by atoms with van der Waals surface area (Å²) in [6, 6.07) is 0. The summed E-state index contributed by atoms with van der Waals surface area (Å²) in [5, 5.41) is 98.7.